The Morgan fingerprint density at radius 2 is 2.03 bits per heavy atom. The zero-order valence-electron chi connectivity index (χ0n) is 18.6. The molecule has 0 fully saturated rings. The van der Waals surface area contributed by atoms with Crippen LogP contribution in [0, 0.1) is 0 Å². The summed E-state index contributed by atoms with van der Waals surface area (Å²) in [5.41, 5.74) is 3.03. The fraction of sp³-hybridized carbons (Fsp3) is 0.292. The van der Waals surface area contributed by atoms with Crippen molar-refractivity contribution >= 4 is 46.7 Å². The summed E-state index contributed by atoms with van der Waals surface area (Å²) in [6.45, 7) is 5.83. The number of hydrogen-bond acceptors (Lipinski definition) is 6. The molecule has 1 aliphatic rings. The molecule has 1 unspecified atom stereocenters. The van der Waals surface area contributed by atoms with Crippen molar-refractivity contribution in [2.75, 3.05) is 11.1 Å². The lowest BCUT2D eigenvalue weighted by molar-refractivity contribution is -0.114. The fourth-order valence-corrected chi connectivity index (χ4v) is 4.91. The molecule has 6 nitrogen and oxygen atoms in total. The van der Waals surface area contributed by atoms with E-state index in [1.54, 1.807) is 35.5 Å². The van der Waals surface area contributed by atoms with Gasteiger partial charge in [-0.15, -0.1) is 5.10 Å². The van der Waals surface area contributed by atoms with Gasteiger partial charge in [0.2, 0.25) is 11.1 Å². The van der Waals surface area contributed by atoms with Gasteiger partial charge in [0, 0.05) is 38.2 Å². The van der Waals surface area contributed by atoms with Gasteiger partial charge in [-0.25, -0.2) is 4.68 Å². The molecule has 0 spiro atoms. The minimum absolute atomic E-state index is 0.0375. The third-order valence-electron chi connectivity index (χ3n) is 5.26. The van der Waals surface area contributed by atoms with Gasteiger partial charge in [-0.1, -0.05) is 66.2 Å². The molecule has 1 N–H and O–H groups in total. The van der Waals surface area contributed by atoms with Crippen LogP contribution in [0.4, 0.5) is 5.95 Å². The first-order valence-corrected chi connectivity index (χ1v) is 12.4. The molecular formula is C24H24Cl2N4O2S. The molecule has 0 amide bonds. The Hall–Kier alpha value is -2.48. The van der Waals surface area contributed by atoms with Crippen LogP contribution in [-0.4, -0.2) is 26.3 Å². The Balaban J connectivity index is 1.74. The minimum atomic E-state index is -0.459. The molecule has 1 aliphatic heterocycles. The highest BCUT2D eigenvalue weighted by molar-refractivity contribution is 7.99. The van der Waals surface area contributed by atoms with E-state index in [1.165, 1.54) is 0 Å². The van der Waals surface area contributed by atoms with E-state index in [1.807, 2.05) is 37.3 Å². The smallest absolute Gasteiger partial charge is 0.227 e. The number of halogens is 2. The van der Waals surface area contributed by atoms with E-state index in [0.29, 0.717) is 32.5 Å². The Bertz CT molecular complexity index is 1220. The van der Waals surface area contributed by atoms with E-state index >= 15 is 0 Å². The van der Waals surface area contributed by atoms with Crippen LogP contribution in [-0.2, 0) is 11.4 Å². The first-order chi connectivity index (χ1) is 15.9. The van der Waals surface area contributed by atoms with Crippen LogP contribution in [0.2, 0.25) is 10.0 Å². The van der Waals surface area contributed by atoms with Crippen LogP contribution >= 0.6 is 35.0 Å². The standard InChI is InChI=1S/C24H24Cl2N4O2S/c1-4-11-33-24-28-23-27-14(2)21(15(3)31)22(30(23)29-24)18-7-5-6-8-20(18)32-13-16-9-10-17(25)12-19(16)26/h5-10,12,22H,4,11,13H2,1-3H3,(H,27,28,29). The quantitative estimate of drug-likeness (QED) is 0.352. The van der Waals surface area contributed by atoms with Crippen molar-refractivity contribution in [1.82, 2.24) is 14.8 Å². The van der Waals surface area contributed by atoms with Gasteiger partial charge in [-0.2, -0.15) is 4.98 Å². The summed E-state index contributed by atoms with van der Waals surface area (Å²) in [7, 11) is 0. The van der Waals surface area contributed by atoms with Crippen LogP contribution in [0.1, 0.15) is 44.4 Å². The molecule has 33 heavy (non-hydrogen) atoms. The summed E-state index contributed by atoms with van der Waals surface area (Å²) in [6.07, 6.45) is 1.02. The number of aromatic nitrogens is 3. The average molecular weight is 503 g/mol. The number of fused-ring (bicyclic) bond motifs is 1. The highest BCUT2D eigenvalue weighted by atomic mass is 35.5. The summed E-state index contributed by atoms with van der Waals surface area (Å²) in [5.74, 6) is 2.13. The number of Topliss-reactive ketones (excluding diaryl/α,β-unsaturated/α-hetero) is 1. The number of carbonyl (C=O) groups is 1. The molecule has 1 atom stereocenters. The second-order valence-electron chi connectivity index (χ2n) is 7.70. The Morgan fingerprint density at radius 3 is 2.76 bits per heavy atom. The molecule has 9 heteroatoms. The van der Waals surface area contributed by atoms with Crippen LogP contribution < -0.4 is 10.1 Å². The maximum absolute atomic E-state index is 12.7. The van der Waals surface area contributed by atoms with Crippen LogP contribution in [0.5, 0.6) is 5.75 Å². The van der Waals surface area contributed by atoms with Crippen molar-refractivity contribution in [2.24, 2.45) is 0 Å². The second kappa shape index (κ2) is 10.2. The number of nitrogens with one attached hydrogen (secondary N) is 1. The zero-order valence-corrected chi connectivity index (χ0v) is 20.9. The van der Waals surface area contributed by atoms with Gasteiger partial charge < -0.3 is 10.1 Å². The normalized spacial score (nSPS) is 15.2. The predicted molar refractivity (Wildman–Crippen MR) is 133 cm³/mol. The number of ketones is 1. The molecule has 3 aromatic rings. The van der Waals surface area contributed by atoms with Gasteiger partial charge >= 0.3 is 0 Å². The summed E-state index contributed by atoms with van der Waals surface area (Å²) >= 11 is 13.9. The summed E-state index contributed by atoms with van der Waals surface area (Å²) < 4.78 is 7.98. The molecule has 172 valence electrons. The maximum Gasteiger partial charge on any atom is 0.227 e. The predicted octanol–water partition coefficient (Wildman–Crippen LogP) is 6.54. The molecule has 1 aromatic heterocycles. The van der Waals surface area contributed by atoms with Crippen molar-refractivity contribution in [2.45, 2.75) is 45.0 Å². The number of para-hydroxylation sites is 1. The Kier molecular flexibility index (Phi) is 7.32. The van der Waals surface area contributed by atoms with Gasteiger partial charge in [0.05, 0.1) is 0 Å². The summed E-state index contributed by atoms with van der Waals surface area (Å²) in [4.78, 5) is 17.4. The van der Waals surface area contributed by atoms with Gasteiger partial charge in [0.1, 0.15) is 18.4 Å². The van der Waals surface area contributed by atoms with E-state index in [4.69, 9.17) is 33.0 Å². The van der Waals surface area contributed by atoms with Gasteiger partial charge in [-0.3, -0.25) is 4.79 Å². The molecular weight excluding hydrogens is 479 g/mol. The van der Waals surface area contributed by atoms with Crippen LogP contribution in [0.3, 0.4) is 0 Å². The minimum Gasteiger partial charge on any atom is -0.488 e. The number of hydrogen-bond donors (Lipinski definition) is 1. The third kappa shape index (κ3) is 5.05. The van der Waals surface area contributed by atoms with Gasteiger partial charge in [0.25, 0.3) is 0 Å². The Labute approximate surface area is 207 Å². The van der Waals surface area contributed by atoms with Crippen molar-refractivity contribution in [3.63, 3.8) is 0 Å². The Morgan fingerprint density at radius 1 is 1.24 bits per heavy atom. The second-order valence-corrected chi connectivity index (χ2v) is 9.60. The van der Waals surface area contributed by atoms with Crippen molar-refractivity contribution in [3.8, 4) is 5.75 Å². The molecule has 0 radical (unpaired) electrons. The lowest BCUT2D eigenvalue weighted by Gasteiger charge is -2.29. The van der Waals surface area contributed by atoms with E-state index in [9.17, 15) is 4.79 Å². The monoisotopic (exact) mass is 502 g/mol. The molecule has 2 heterocycles. The van der Waals surface area contributed by atoms with Gasteiger partial charge in [-0.05, 0) is 38.5 Å². The first kappa shape index (κ1) is 23.7. The molecule has 0 aliphatic carbocycles. The number of benzene rings is 2. The average Bonchev–Trinajstić information content (AvgIpc) is 3.18. The molecule has 0 saturated heterocycles. The highest BCUT2D eigenvalue weighted by Crippen LogP contribution is 2.40. The van der Waals surface area contributed by atoms with Crippen molar-refractivity contribution < 1.29 is 9.53 Å². The number of nitrogens with zero attached hydrogens (tertiary/aromatic N) is 3. The van der Waals surface area contributed by atoms with E-state index < -0.39 is 6.04 Å². The van der Waals surface area contributed by atoms with Crippen LogP contribution in [0.15, 0.2) is 58.9 Å². The van der Waals surface area contributed by atoms with E-state index in [2.05, 4.69) is 17.2 Å². The summed E-state index contributed by atoms with van der Waals surface area (Å²) in [6, 6.07) is 12.5. The lowest BCUT2D eigenvalue weighted by Crippen LogP contribution is -2.28. The number of rotatable bonds is 8. The SMILES string of the molecule is CCCSc1nc2n(n1)C(c1ccccc1OCc1ccc(Cl)cc1Cl)C(C(C)=O)=C(C)N2. The number of ether oxygens (including phenoxy) is 1. The third-order valence-corrected chi connectivity index (χ3v) is 6.89. The van der Waals surface area contributed by atoms with E-state index in [0.717, 1.165) is 29.0 Å². The fourth-order valence-electron chi connectivity index (χ4n) is 3.76. The first-order valence-electron chi connectivity index (χ1n) is 10.6. The zero-order chi connectivity index (χ0) is 23.5. The lowest BCUT2D eigenvalue weighted by atomic mass is 9.92. The highest BCUT2D eigenvalue weighted by Gasteiger charge is 2.34. The maximum atomic E-state index is 12.7. The molecule has 2 aromatic carbocycles. The summed E-state index contributed by atoms with van der Waals surface area (Å²) in [5, 5.41) is 9.75. The van der Waals surface area contributed by atoms with E-state index in [-0.39, 0.29) is 12.4 Å². The van der Waals surface area contributed by atoms with Gasteiger partial charge in [0.15, 0.2) is 5.78 Å². The topological polar surface area (TPSA) is 69.0 Å². The number of thioether (sulfide) groups is 1. The number of allylic oxidation sites excluding steroid dienone is 2. The largest absolute Gasteiger partial charge is 0.488 e. The number of carbonyl (C=O) groups excluding carboxylic acids is 1. The molecule has 0 saturated carbocycles. The van der Waals surface area contributed by atoms with Crippen molar-refractivity contribution in [3.05, 3.63) is 74.9 Å². The molecule has 4 rings (SSSR count). The number of anilines is 1. The van der Waals surface area contributed by atoms with Crippen molar-refractivity contribution in [1.29, 1.82) is 0 Å². The molecule has 0 bridgehead atoms. The van der Waals surface area contributed by atoms with Crippen LogP contribution in [0.25, 0.3) is 0 Å².